The zero-order valence-corrected chi connectivity index (χ0v) is 3.53. The molecule has 1 fully saturated rings. The maximum Gasteiger partial charge on any atom is 0.0772 e. The Morgan fingerprint density at radius 1 is 1.20 bits per heavy atom. The standard InChI is InChI=1S/C2H6N2S/c3-1-2(4)5-1/h1-2H,3-4H2. The van der Waals surface area contributed by atoms with Crippen molar-refractivity contribution in [3.8, 4) is 0 Å². The fourth-order valence-corrected chi connectivity index (χ4v) is 0.408. The highest BCUT2D eigenvalue weighted by Crippen LogP contribution is 2.30. The van der Waals surface area contributed by atoms with Crippen LogP contribution < -0.4 is 11.5 Å². The predicted molar refractivity (Wildman–Crippen MR) is 23.5 cm³/mol. The Labute approximate surface area is 34.9 Å². The van der Waals surface area contributed by atoms with Crippen molar-refractivity contribution in [1.82, 2.24) is 0 Å². The average molecular weight is 90.2 g/mol. The summed E-state index contributed by atoms with van der Waals surface area (Å²) in [6.45, 7) is 0. The van der Waals surface area contributed by atoms with Crippen LogP contribution in [-0.2, 0) is 0 Å². The molecule has 0 aromatic rings. The van der Waals surface area contributed by atoms with Gasteiger partial charge in [-0.05, 0) is 0 Å². The zero-order valence-electron chi connectivity index (χ0n) is 2.72. The summed E-state index contributed by atoms with van der Waals surface area (Å²) in [5.74, 6) is 0. The molecule has 0 aromatic heterocycles. The predicted octanol–water partition coefficient (Wildman–Crippen LogP) is -0.697. The van der Waals surface area contributed by atoms with E-state index in [1.165, 1.54) is 0 Å². The van der Waals surface area contributed by atoms with Crippen molar-refractivity contribution in [2.24, 2.45) is 11.5 Å². The van der Waals surface area contributed by atoms with Crippen molar-refractivity contribution in [2.45, 2.75) is 10.7 Å². The molecule has 0 aliphatic carbocycles. The van der Waals surface area contributed by atoms with Crippen molar-refractivity contribution in [2.75, 3.05) is 0 Å². The first-order valence-corrected chi connectivity index (χ1v) is 2.41. The van der Waals surface area contributed by atoms with Gasteiger partial charge in [-0.2, -0.15) is 0 Å². The van der Waals surface area contributed by atoms with Gasteiger partial charge < -0.3 is 11.5 Å². The van der Waals surface area contributed by atoms with E-state index in [1.807, 2.05) is 0 Å². The van der Waals surface area contributed by atoms with Crippen LogP contribution in [0.2, 0.25) is 0 Å². The van der Waals surface area contributed by atoms with E-state index in [0.717, 1.165) is 0 Å². The minimum absolute atomic E-state index is 0.245. The maximum atomic E-state index is 5.20. The number of nitrogens with two attached hydrogens (primary N) is 2. The molecule has 0 radical (unpaired) electrons. The first-order valence-electron chi connectivity index (χ1n) is 1.47. The molecule has 0 bridgehead atoms. The summed E-state index contributed by atoms with van der Waals surface area (Å²) in [6, 6.07) is 0. The van der Waals surface area contributed by atoms with Gasteiger partial charge in [0.05, 0.1) is 10.7 Å². The molecule has 3 heteroatoms. The molecule has 1 saturated heterocycles. The number of rotatable bonds is 0. The van der Waals surface area contributed by atoms with E-state index in [2.05, 4.69) is 0 Å². The Morgan fingerprint density at radius 2 is 1.40 bits per heavy atom. The van der Waals surface area contributed by atoms with Gasteiger partial charge in [0.25, 0.3) is 0 Å². The van der Waals surface area contributed by atoms with Gasteiger partial charge in [-0.25, -0.2) is 0 Å². The van der Waals surface area contributed by atoms with Crippen LogP contribution in [0.1, 0.15) is 0 Å². The van der Waals surface area contributed by atoms with Crippen molar-refractivity contribution in [1.29, 1.82) is 0 Å². The van der Waals surface area contributed by atoms with Crippen molar-refractivity contribution in [3.05, 3.63) is 0 Å². The molecule has 2 atom stereocenters. The molecule has 5 heavy (non-hydrogen) atoms. The lowest BCUT2D eigenvalue weighted by Crippen LogP contribution is -2.12. The topological polar surface area (TPSA) is 52.0 Å². The smallest absolute Gasteiger partial charge is 0.0772 e. The molecule has 0 spiro atoms. The summed E-state index contributed by atoms with van der Waals surface area (Å²) < 4.78 is 0. The molecule has 0 aromatic carbocycles. The molecular formula is C2H6N2S. The van der Waals surface area contributed by atoms with Crippen molar-refractivity contribution in [3.63, 3.8) is 0 Å². The van der Waals surface area contributed by atoms with Crippen LogP contribution in [0.5, 0.6) is 0 Å². The first kappa shape index (κ1) is 3.46. The van der Waals surface area contributed by atoms with Crippen LogP contribution in [0.4, 0.5) is 0 Å². The van der Waals surface area contributed by atoms with E-state index in [4.69, 9.17) is 11.5 Å². The third-order valence-corrected chi connectivity index (χ3v) is 1.46. The summed E-state index contributed by atoms with van der Waals surface area (Å²) >= 11 is 1.60. The zero-order chi connectivity index (χ0) is 3.86. The monoisotopic (exact) mass is 90.0 g/mol. The normalized spacial score (nSPS) is 49.2. The Balaban J connectivity index is 2.20. The van der Waals surface area contributed by atoms with E-state index in [0.29, 0.717) is 0 Å². The lowest BCUT2D eigenvalue weighted by Gasteiger charge is -1.66. The summed E-state index contributed by atoms with van der Waals surface area (Å²) in [6.07, 6.45) is 0. The third-order valence-electron chi connectivity index (χ3n) is 0.561. The molecule has 0 amide bonds. The van der Waals surface area contributed by atoms with E-state index in [9.17, 15) is 0 Å². The summed E-state index contributed by atoms with van der Waals surface area (Å²) in [4.78, 5) is 0. The second-order valence-electron chi connectivity index (χ2n) is 1.07. The molecule has 2 nitrogen and oxygen atoms in total. The molecule has 1 aliphatic rings. The van der Waals surface area contributed by atoms with Crippen LogP contribution in [0.3, 0.4) is 0 Å². The number of thioether (sulfide) groups is 1. The van der Waals surface area contributed by atoms with Crippen LogP contribution in [0, 0.1) is 0 Å². The highest BCUT2D eigenvalue weighted by atomic mass is 32.2. The molecule has 2 unspecified atom stereocenters. The van der Waals surface area contributed by atoms with Gasteiger partial charge in [0.1, 0.15) is 0 Å². The highest BCUT2D eigenvalue weighted by molar-refractivity contribution is 8.07. The number of hydrogen-bond donors (Lipinski definition) is 2. The van der Waals surface area contributed by atoms with E-state index in [1.54, 1.807) is 11.8 Å². The van der Waals surface area contributed by atoms with E-state index < -0.39 is 0 Å². The van der Waals surface area contributed by atoms with E-state index >= 15 is 0 Å². The van der Waals surface area contributed by atoms with Gasteiger partial charge in [0.2, 0.25) is 0 Å². The van der Waals surface area contributed by atoms with Crippen LogP contribution in [-0.4, -0.2) is 10.7 Å². The van der Waals surface area contributed by atoms with Crippen LogP contribution in [0.15, 0.2) is 0 Å². The Hall–Kier alpha value is 0.270. The van der Waals surface area contributed by atoms with Crippen molar-refractivity contribution < 1.29 is 0 Å². The quantitative estimate of drug-likeness (QED) is 0.387. The largest absolute Gasteiger partial charge is 0.317 e. The fourth-order valence-electron chi connectivity index (χ4n) is 0.136. The molecule has 1 rings (SSSR count). The SMILES string of the molecule is NC1SC1N. The Kier molecular flexibility index (Phi) is 0.598. The van der Waals surface area contributed by atoms with Gasteiger partial charge >= 0.3 is 0 Å². The van der Waals surface area contributed by atoms with E-state index in [-0.39, 0.29) is 10.7 Å². The van der Waals surface area contributed by atoms with Crippen LogP contribution >= 0.6 is 11.8 Å². The van der Waals surface area contributed by atoms with Crippen molar-refractivity contribution >= 4 is 11.8 Å². The Morgan fingerprint density at radius 3 is 1.40 bits per heavy atom. The van der Waals surface area contributed by atoms with Gasteiger partial charge in [0.15, 0.2) is 0 Å². The maximum absolute atomic E-state index is 5.20. The van der Waals surface area contributed by atoms with Gasteiger partial charge in [0, 0.05) is 0 Å². The fraction of sp³-hybridized carbons (Fsp3) is 1.00. The molecule has 1 aliphatic heterocycles. The molecular weight excluding hydrogens is 84.1 g/mol. The summed E-state index contributed by atoms with van der Waals surface area (Å²) in [5, 5.41) is 0.491. The molecule has 0 saturated carbocycles. The summed E-state index contributed by atoms with van der Waals surface area (Å²) in [7, 11) is 0. The molecule has 4 N–H and O–H groups in total. The summed E-state index contributed by atoms with van der Waals surface area (Å²) in [5.41, 5.74) is 10.4. The lowest BCUT2D eigenvalue weighted by atomic mass is 10.7. The first-order chi connectivity index (χ1) is 2.30. The number of hydrogen-bond acceptors (Lipinski definition) is 3. The highest BCUT2D eigenvalue weighted by Gasteiger charge is 2.29. The molecule has 1 heterocycles. The third kappa shape index (κ3) is 0.560. The van der Waals surface area contributed by atoms with Gasteiger partial charge in [-0.15, -0.1) is 11.8 Å². The average Bonchev–Trinajstić information content (AvgIpc) is 1.79. The minimum Gasteiger partial charge on any atom is -0.317 e. The van der Waals surface area contributed by atoms with Crippen LogP contribution in [0.25, 0.3) is 0 Å². The Bertz CT molecular complexity index is 40.9. The minimum atomic E-state index is 0.245. The second-order valence-corrected chi connectivity index (χ2v) is 2.43. The lowest BCUT2D eigenvalue weighted by molar-refractivity contribution is 0.962. The van der Waals surface area contributed by atoms with Gasteiger partial charge in [-0.3, -0.25) is 0 Å². The second kappa shape index (κ2) is 0.864. The molecule has 30 valence electrons. The van der Waals surface area contributed by atoms with Gasteiger partial charge in [-0.1, -0.05) is 0 Å².